The van der Waals surface area contributed by atoms with Crippen LogP contribution in [0.2, 0.25) is 0 Å². The first-order chi connectivity index (χ1) is 9.25. The Bertz CT molecular complexity index is 468. The molecule has 2 bridgehead atoms. The predicted molar refractivity (Wildman–Crippen MR) is 86.0 cm³/mol. The minimum Gasteiger partial charge on any atom is -0.271 e. The molecule has 1 unspecified atom stereocenters. The van der Waals surface area contributed by atoms with E-state index in [2.05, 4.69) is 39.6 Å². The molecule has 0 saturated heterocycles. The van der Waals surface area contributed by atoms with Crippen LogP contribution in [0.5, 0.6) is 0 Å². The van der Waals surface area contributed by atoms with E-state index in [9.17, 15) is 4.79 Å². The Labute approximate surface area is 127 Å². The van der Waals surface area contributed by atoms with Crippen molar-refractivity contribution >= 4 is 22.7 Å². The minimum atomic E-state index is 0.0735. The molecule has 0 aromatic rings. The highest BCUT2D eigenvalue weighted by molar-refractivity contribution is 8.15. The standard InChI is InChI=1S/C17H27NOS/c1-10(2)14-15(19)18-13(20-14)9-12-8-11-6-7-17(12,5)16(11,3)4/h10-12,14H,6-9H2,1-5H3/t11-,12+,14?,17+/m1/s1. The largest absolute Gasteiger partial charge is 0.271 e. The van der Waals surface area contributed by atoms with Crippen molar-refractivity contribution in [2.45, 2.75) is 65.6 Å². The fraction of sp³-hybridized carbons (Fsp3) is 0.882. The van der Waals surface area contributed by atoms with Crippen LogP contribution in [0.3, 0.4) is 0 Å². The fourth-order valence-electron chi connectivity index (χ4n) is 4.81. The topological polar surface area (TPSA) is 29.4 Å². The summed E-state index contributed by atoms with van der Waals surface area (Å²) in [5.41, 5.74) is 0.905. The maximum absolute atomic E-state index is 12.0. The minimum absolute atomic E-state index is 0.0735. The quantitative estimate of drug-likeness (QED) is 0.764. The molecule has 20 heavy (non-hydrogen) atoms. The van der Waals surface area contributed by atoms with Gasteiger partial charge < -0.3 is 0 Å². The van der Waals surface area contributed by atoms with Gasteiger partial charge in [-0.15, -0.1) is 0 Å². The molecule has 1 heterocycles. The Balaban J connectivity index is 1.72. The van der Waals surface area contributed by atoms with Crippen molar-refractivity contribution in [1.82, 2.24) is 0 Å². The summed E-state index contributed by atoms with van der Waals surface area (Å²) in [6, 6.07) is 0. The molecule has 112 valence electrons. The van der Waals surface area contributed by atoms with E-state index in [0.717, 1.165) is 23.3 Å². The molecule has 0 aromatic carbocycles. The molecule has 0 N–H and O–H groups in total. The first-order valence-corrected chi connectivity index (χ1v) is 8.91. The van der Waals surface area contributed by atoms with Crippen molar-refractivity contribution in [3.05, 3.63) is 0 Å². The zero-order valence-electron chi connectivity index (χ0n) is 13.4. The summed E-state index contributed by atoms with van der Waals surface area (Å²) in [5, 5.41) is 1.19. The summed E-state index contributed by atoms with van der Waals surface area (Å²) in [6.07, 6.45) is 5.13. The maximum atomic E-state index is 12.0. The zero-order chi connectivity index (χ0) is 14.7. The highest BCUT2D eigenvalue weighted by Gasteiger charge is 2.61. The summed E-state index contributed by atoms with van der Waals surface area (Å²) in [7, 11) is 0. The van der Waals surface area contributed by atoms with E-state index in [4.69, 9.17) is 0 Å². The van der Waals surface area contributed by atoms with Gasteiger partial charge in [0, 0.05) is 0 Å². The third-order valence-corrected chi connectivity index (χ3v) is 8.27. The molecule has 1 amide bonds. The highest BCUT2D eigenvalue weighted by atomic mass is 32.2. The lowest BCUT2D eigenvalue weighted by atomic mass is 9.66. The Hall–Kier alpha value is -0.310. The first-order valence-electron chi connectivity index (χ1n) is 8.04. The van der Waals surface area contributed by atoms with Gasteiger partial charge in [-0.05, 0) is 54.3 Å². The van der Waals surface area contributed by atoms with Crippen LogP contribution < -0.4 is 0 Å². The maximum Gasteiger partial charge on any atom is 0.260 e. The number of carbonyl (C=O) groups is 1. The van der Waals surface area contributed by atoms with Crippen LogP contribution in [-0.2, 0) is 4.79 Å². The van der Waals surface area contributed by atoms with Gasteiger partial charge in [0.2, 0.25) is 0 Å². The second-order valence-corrected chi connectivity index (χ2v) is 9.35. The average molecular weight is 293 g/mol. The zero-order valence-corrected chi connectivity index (χ0v) is 14.2. The first kappa shape index (κ1) is 14.6. The molecule has 3 aliphatic rings. The van der Waals surface area contributed by atoms with Crippen molar-refractivity contribution in [2.75, 3.05) is 0 Å². The van der Waals surface area contributed by atoms with E-state index in [1.165, 1.54) is 19.3 Å². The molecular formula is C17H27NOS. The molecule has 1 aliphatic heterocycles. The smallest absolute Gasteiger partial charge is 0.260 e. The van der Waals surface area contributed by atoms with Crippen molar-refractivity contribution in [3.8, 4) is 0 Å². The number of nitrogens with zero attached hydrogens (tertiary/aromatic N) is 1. The number of hydrogen-bond donors (Lipinski definition) is 0. The summed E-state index contributed by atoms with van der Waals surface area (Å²) in [4.78, 5) is 16.3. The molecule has 3 heteroatoms. The second kappa shape index (κ2) is 4.59. The molecule has 0 spiro atoms. The molecule has 4 atom stereocenters. The van der Waals surface area contributed by atoms with E-state index >= 15 is 0 Å². The monoisotopic (exact) mass is 293 g/mol. The Morgan fingerprint density at radius 3 is 2.50 bits per heavy atom. The van der Waals surface area contributed by atoms with Crippen LogP contribution in [0, 0.1) is 28.6 Å². The van der Waals surface area contributed by atoms with Gasteiger partial charge in [-0.3, -0.25) is 4.79 Å². The number of carbonyl (C=O) groups excluding carboxylic acids is 1. The van der Waals surface area contributed by atoms with Crippen LogP contribution in [-0.4, -0.2) is 16.2 Å². The second-order valence-electron chi connectivity index (χ2n) is 8.14. The molecule has 2 saturated carbocycles. The van der Waals surface area contributed by atoms with E-state index < -0.39 is 0 Å². The molecule has 2 fully saturated rings. The van der Waals surface area contributed by atoms with E-state index in [-0.39, 0.29) is 11.2 Å². The molecule has 3 rings (SSSR count). The number of aliphatic imine (C=N–C) groups is 1. The number of hydrogen-bond acceptors (Lipinski definition) is 2. The lowest BCUT2D eigenvalue weighted by Gasteiger charge is -2.39. The lowest BCUT2D eigenvalue weighted by Crippen LogP contribution is -2.33. The Morgan fingerprint density at radius 1 is 1.35 bits per heavy atom. The van der Waals surface area contributed by atoms with Crippen molar-refractivity contribution in [1.29, 1.82) is 0 Å². The van der Waals surface area contributed by atoms with Crippen LogP contribution in [0.25, 0.3) is 0 Å². The molecular weight excluding hydrogens is 266 g/mol. The summed E-state index contributed by atoms with van der Waals surface area (Å²) in [5.74, 6) is 2.09. The fourth-order valence-corrected chi connectivity index (χ4v) is 5.97. The SMILES string of the molecule is CC(C)C1SC(C[C@@H]2C[C@H]3CC[C@]2(C)C3(C)C)=NC1=O. The summed E-state index contributed by atoms with van der Waals surface area (Å²) >= 11 is 1.74. The van der Waals surface area contributed by atoms with Gasteiger partial charge in [0.25, 0.3) is 5.91 Å². The van der Waals surface area contributed by atoms with Gasteiger partial charge in [0.15, 0.2) is 0 Å². The summed E-state index contributed by atoms with van der Waals surface area (Å²) < 4.78 is 0. The number of thioether (sulfide) groups is 1. The average Bonchev–Trinajstić information content (AvgIpc) is 2.87. The number of amides is 1. The van der Waals surface area contributed by atoms with Gasteiger partial charge in [-0.25, -0.2) is 4.99 Å². The van der Waals surface area contributed by atoms with Crippen LogP contribution >= 0.6 is 11.8 Å². The van der Waals surface area contributed by atoms with Crippen LogP contribution in [0.15, 0.2) is 4.99 Å². The number of rotatable bonds is 3. The third kappa shape index (κ3) is 1.92. The normalized spacial score (nSPS) is 42.6. The third-order valence-electron chi connectivity index (χ3n) is 6.74. The van der Waals surface area contributed by atoms with Gasteiger partial charge in [0.1, 0.15) is 0 Å². The van der Waals surface area contributed by atoms with Crippen LogP contribution in [0.4, 0.5) is 0 Å². The number of fused-ring (bicyclic) bond motifs is 2. The van der Waals surface area contributed by atoms with Gasteiger partial charge >= 0.3 is 0 Å². The van der Waals surface area contributed by atoms with Gasteiger partial charge in [0.05, 0.1) is 10.3 Å². The van der Waals surface area contributed by atoms with Gasteiger partial charge in [-0.2, -0.15) is 0 Å². The van der Waals surface area contributed by atoms with Crippen LogP contribution in [0.1, 0.15) is 60.3 Å². The predicted octanol–water partition coefficient (Wildman–Crippen LogP) is 4.54. The molecule has 2 nitrogen and oxygen atoms in total. The van der Waals surface area contributed by atoms with E-state index in [1.54, 1.807) is 11.8 Å². The summed E-state index contributed by atoms with van der Waals surface area (Å²) in [6.45, 7) is 11.6. The molecule has 0 aromatic heterocycles. The molecule has 0 radical (unpaired) electrons. The Kier molecular flexibility index (Phi) is 3.36. The van der Waals surface area contributed by atoms with Crippen molar-refractivity contribution in [3.63, 3.8) is 0 Å². The Morgan fingerprint density at radius 2 is 2.05 bits per heavy atom. The van der Waals surface area contributed by atoms with Crippen molar-refractivity contribution in [2.24, 2.45) is 33.6 Å². The van der Waals surface area contributed by atoms with Crippen molar-refractivity contribution < 1.29 is 4.79 Å². The lowest BCUT2D eigenvalue weighted by molar-refractivity contribution is -0.117. The van der Waals surface area contributed by atoms with E-state index in [1.807, 2.05) is 0 Å². The highest BCUT2D eigenvalue weighted by Crippen LogP contribution is 2.69. The van der Waals surface area contributed by atoms with E-state index in [0.29, 0.717) is 16.7 Å². The molecule has 2 aliphatic carbocycles. The van der Waals surface area contributed by atoms with Gasteiger partial charge in [-0.1, -0.05) is 46.4 Å².